The van der Waals surface area contributed by atoms with Crippen LogP contribution in [0.15, 0.2) is 18.2 Å². The average Bonchev–Trinajstić information content (AvgIpc) is 2.89. The third-order valence-corrected chi connectivity index (χ3v) is 7.74. The lowest BCUT2D eigenvalue weighted by Gasteiger charge is -2.42. The van der Waals surface area contributed by atoms with Gasteiger partial charge in [0.25, 0.3) is 0 Å². The third-order valence-electron chi connectivity index (χ3n) is 7.45. The van der Waals surface area contributed by atoms with Crippen LogP contribution in [0.4, 0.5) is 9.18 Å². The van der Waals surface area contributed by atoms with Crippen LogP contribution in [0.3, 0.4) is 0 Å². The van der Waals surface area contributed by atoms with Crippen LogP contribution in [0.25, 0.3) is 0 Å². The van der Waals surface area contributed by atoms with Crippen molar-refractivity contribution in [3.8, 4) is 0 Å². The Labute approximate surface area is 219 Å². The molecule has 36 heavy (non-hydrogen) atoms. The minimum absolute atomic E-state index is 0.0625. The van der Waals surface area contributed by atoms with Crippen molar-refractivity contribution >= 4 is 17.7 Å². The van der Waals surface area contributed by atoms with E-state index in [-0.39, 0.29) is 36.3 Å². The maximum absolute atomic E-state index is 15.1. The van der Waals surface area contributed by atoms with Gasteiger partial charge in [-0.3, -0.25) is 0 Å². The Balaban J connectivity index is 1.72. The zero-order valence-electron chi connectivity index (χ0n) is 21.6. The molecule has 9 heteroatoms. The molecule has 2 fully saturated rings. The highest BCUT2D eigenvalue weighted by atomic mass is 35.5. The molecular formula is C27H42ClFN2O5. The molecule has 3 rings (SSSR count). The van der Waals surface area contributed by atoms with Crippen molar-refractivity contribution in [2.24, 2.45) is 5.92 Å². The lowest BCUT2D eigenvalue weighted by molar-refractivity contribution is -0.151. The highest BCUT2D eigenvalue weighted by Crippen LogP contribution is 2.38. The number of benzene rings is 1. The number of unbranched alkanes of at least 4 members (excludes halogenated alkanes) is 1. The van der Waals surface area contributed by atoms with Gasteiger partial charge in [-0.05, 0) is 44.7 Å². The van der Waals surface area contributed by atoms with Gasteiger partial charge < -0.3 is 29.5 Å². The van der Waals surface area contributed by atoms with Crippen molar-refractivity contribution in [1.82, 2.24) is 10.2 Å². The van der Waals surface area contributed by atoms with Gasteiger partial charge in [-0.15, -0.1) is 0 Å². The lowest BCUT2D eigenvalue weighted by atomic mass is 9.82. The van der Waals surface area contributed by atoms with Gasteiger partial charge in [0.15, 0.2) is 0 Å². The van der Waals surface area contributed by atoms with Crippen molar-refractivity contribution < 1.29 is 28.5 Å². The number of halogens is 2. The normalized spacial score (nSPS) is 21.7. The fourth-order valence-corrected chi connectivity index (χ4v) is 5.64. The zero-order chi connectivity index (χ0) is 26.0. The molecule has 0 bridgehead atoms. The fraction of sp³-hybridized carbons (Fsp3) is 0.741. The smallest absolute Gasteiger partial charge is 0.410 e. The van der Waals surface area contributed by atoms with Gasteiger partial charge in [0.2, 0.25) is 0 Å². The summed E-state index contributed by atoms with van der Waals surface area (Å²) < 4.78 is 32.1. The Kier molecular flexibility index (Phi) is 11.7. The van der Waals surface area contributed by atoms with Crippen LogP contribution in [0.5, 0.6) is 0 Å². The van der Waals surface area contributed by atoms with E-state index in [9.17, 15) is 9.90 Å². The molecule has 1 heterocycles. The molecule has 7 nitrogen and oxygen atoms in total. The number of methoxy groups -OCH3 is 1. The van der Waals surface area contributed by atoms with Crippen molar-refractivity contribution in [3.63, 3.8) is 0 Å². The summed E-state index contributed by atoms with van der Waals surface area (Å²) in [7, 11) is 3.47. The molecule has 1 aromatic rings. The first-order chi connectivity index (χ1) is 17.4. The van der Waals surface area contributed by atoms with Gasteiger partial charge in [-0.2, -0.15) is 0 Å². The van der Waals surface area contributed by atoms with Gasteiger partial charge in [0.1, 0.15) is 23.6 Å². The van der Waals surface area contributed by atoms with Crippen molar-refractivity contribution in [2.45, 2.75) is 75.6 Å². The number of nitrogens with one attached hydrogen (secondary N) is 1. The van der Waals surface area contributed by atoms with Crippen molar-refractivity contribution in [3.05, 3.63) is 34.6 Å². The summed E-state index contributed by atoms with van der Waals surface area (Å²) in [5.41, 5.74) is -1.58. The number of morpholine rings is 1. The summed E-state index contributed by atoms with van der Waals surface area (Å²) in [5, 5.41) is 14.9. The minimum atomic E-state index is -1.66. The molecule has 1 saturated heterocycles. The number of hydrogen-bond donors (Lipinski definition) is 2. The Morgan fingerprint density at radius 3 is 2.83 bits per heavy atom. The van der Waals surface area contributed by atoms with Crippen LogP contribution in [0.1, 0.15) is 63.4 Å². The Hall–Kier alpha value is -1.45. The number of carbonyl (C=O) groups excluding carboxylic acids is 1. The quantitative estimate of drug-likeness (QED) is 0.376. The first-order valence-electron chi connectivity index (χ1n) is 13.3. The summed E-state index contributed by atoms with van der Waals surface area (Å²) in [6.07, 6.45) is 7.02. The molecular weight excluding hydrogens is 487 g/mol. The summed E-state index contributed by atoms with van der Waals surface area (Å²) in [4.78, 5) is 14.8. The second-order valence-corrected chi connectivity index (χ2v) is 10.5. The van der Waals surface area contributed by atoms with E-state index in [1.807, 2.05) is 7.05 Å². The van der Waals surface area contributed by atoms with Crippen LogP contribution >= 0.6 is 11.6 Å². The molecule has 3 atom stereocenters. The molecule has 1 saturated carbocycles. The van der Waals surface area contributed by atoms with Crippen LogP contribution < -0.4 is 5.32 Å². The van der Waals surface area contributed by atoms with Gasteiger partial charge in [-0.25, -0.2) is 9.18 Å². The number of amides is 1. The molecule has 0 radical (unpaired) electrons. The number of ether oxygens (including phenoxy) is 3. The molecule has 1 aromatic carbocycles. The van der Waals surface area contributed by atoms with E-state index in [0.29, 0.717) is 38.5 Å². The highest BCUT2D eigenvalue weighted by Gasteiger charge is 2.44. The monoisotopic (exact) mass is 528 g/mol. The molecule has 0 spiro atoms. The molecule has 1 unspecified atom stereocenters. The number of rotatable bonds is 12. The number of aliphatic hydroxyl groups is 1. The first kappa shape index (κ1) is 29.1. The Morgan fingerprint density at radius 2 is 2.11 bits per heavy atom. The van der Waals surface area contributed by atoms with Crippen LogP contribution in [0, 0.1) is 11.7 Å². The summed E-state index contributed by atoms with van der Waals surface area (Å²) in [6.45, 7) is 1.80. The van der Waals surface area contributed by atoms with E-state index < -0.39 is 23.6 Å². The van der Waals surface area contributed by atoms with E-state index in [0.717, 1.165) is 6.42 Å². The summed E-state index contributed by atoms with van der Waals surface area (Å²) in [6, 6.07) is 4.60. The van der Waals surface area contributed by atoms with E-state index in [1.54, 1.807) is 18.1 Å². The first-order valence-corrected chi connectivity index (χ1v) is 13.6. The Bertz CT molecular complexity index is 825. The zero-order valence-corrected chi connectivity index (χ0v) is 22.4. The Morgan fingerprint density at radius 1 is 1.33 bits per heavy atom. The van der Waals surface area contributed by atoms with E-state index >= 15 is 4.39 Å². The number of nitrogens with zero attached hydrogens (tertiary/aromatic N) is 1. The van der Waals surface area contributed by atoms with Crippen LogP contribution in [0.2, 0.25) is 5.02 Å². The molecule has 1 aliphatic heterocycles. The molecule has 204 valence electrons. The molecule has 2 aliphatic rings. The fourth-order valence-electron chi connectivity index (χ4n) is 5.46. The van der Waals surface area contributed by atoms with Gasteiger partial charge in [0.05, 0.1) is 18.2 Å². The summed E-state index contributed by atoms with van der Waals surface area (Å²) >= 11 is 6.05. The predicted octanol–water partition coefficient (Wildman–Crippen LogP) is 4.88. The van der Waals surface area contributed by atoms with Crippen molar-refractivity contribution in [1.29, 1.82) is 0 Å². The summed E-state index contributed by atoms with van der Waals surface area (Å²) in [5.74, 6) is -0.0939. The topological polar surface area (TPSA) is 80.3 Å². The number of carbonyl (C=O) groups is 1. The van der Waals surface area contributed by atoms with Gasteiger partial charge >= 0.3 is 6.09 Å². The van der Waals surface area contributed by atoms with Crippen LogP contribution in [-0.4, -0.2) is 75.3 Å². The SMILES string of the molecule is CNC[C@@H](CC1CCCCC1)OC(=O)N1CCOC([C@](O)(CCCCOC)c2cccc(Cl)c2F)C1. The molecule has 2 N–H and O–H groups in total. The van der Waals surface area contributed by atoms with E-state index in [1.165, 1.54) is 44.2 Å². The largest absolute Gasteiger partial charge is 0.445 e. The van der Waals surface area contributed by atoms with Crippen molar-refractivity contribution in [2.75, 3.05) is 47.0 Å². The van der Waals surface area contributed by atoms with E-state index in [2.05, 4.69) is 5.32 Å². The second-order valence-electron chi connectivity index (χ2n) is 10.1. The standard InChI is InChI=1S/C27H42ClFN2O5/c1-30-18-21(17-20-9-4-3-5-10-20)36-26(32)31-14-16-35-24(19-31)27(33,13-6-7-15-34-2)22-11-8-12-23(28)25(22)29/h8,11-12,20-21,24,30,33H,3-7,9-10,13-19H2,1-2H3/t21-,24?,27+/m1/s1. The van der Waals surface area contributed by atoms with Gasteiger partial charge in [-0.1, -0.05) is 55.8 Å². The highest BCUT2D eigenvalue weighted by molar-refractivity contribution is 6.30. The predicted molar refractivity (Wildman–Crippen MR) is 138 cm³/mol. The van der Waals surface area contributed by atoms with Gasteiger partial charge in [0, 0.05) is 32.4 Å². The number of hydrogen-bond acceptors (Lipinski definition) is 6. The van der Waals surface area contributed by atoms with Crippen LogP contribution in [-0.2, 0) is 19.8 Å². The molecule has 1 aliphatic carbocycles. The maximum atomic E-state index is 15.1. The molecule has 1 amide bonds. The average molecular weight is 529 g/mol. The maximum Gasteiger partial charge on any atom is 0.410 e. The minimum Gasteiger partial charge on any atom is -0.445 e. The second kappa shape index (κ2) is 14.5. The van der Waals surface area contributed by atoms with E-state index in [4.69, 9.17) is 25.8 Å². The third kappa shape index (κ3) is 7.78. The number of likely N-dealkylation sites (N-methyl/N-ethyl adjacent to an activating group) is 1. The lowest BCUT2D eigenvalue weighted by Crippen LogP contribution is -2.55. The molecule has 0 aromatic heterocycles.